The lowest BCUT2D eigenvalue weighted by atomic mass is 9.76. The van der Waals surface area contributed by atoms with Gasteiger partial charge in [-0.15, -0.1) is 0 Å². The maximum absolute atomic E-state index is 5.03. The van der Waals surface area contributed by atoms with Crippen molar-refractivity contribution in [3.05, 3.63) is 190 Å². The summed E-state index contributed by atoms with van der Waals surface area (Å²) in [4.78, 5) is 15.0. The van der Waals surface area contributed by atoms with Crippen LogP contribution in [0.15, 0.2) is 146 Å². The summed E-state index contributed by atoms with van der Waals surface area (Å²) in [6.45, 7) is 7.02. The van der Waals surface area contributed by atoms with Crippen LogP contribution in [-0.2, 0) is 12.8 Å². The van der Waals surface area contributed by atoms with Crippen molar-refractivity contribution < 1.29 is 0 Å². The van der Waals surface area contributed by atoms with Crippen molar-refractivity contribution >= 4 is 56.7 Å². The van der Waals surface area contributed by atoms with E-state index in [-0.39, 0.29) is 6.04 Å². The Morgan fingerprint density at radius 2 is 1.39 bits per heavy atom. The molecule has 4 nitrogen and oxygen atoms in total. The smallest absolute Gasteiger partial charge is 0.137 e. The van der Waals surface area contributed by atoms with Crippen molar-refractivity contribution in [3.8, 4) is 0 Å². The molecule has 5 aromatic carbocycles. The fourth-order valence-electron chi connectivity index (χ4n) is 9.40. The van der Waals surface area contributed by atoms with Crippen LogP contribution in [0.4, 0.5) is 23.0 Å². The van der Waals surface area contributed by atoms with E-state index < -0.39 is 0 Å². The van der Waals surface area contributed by atoms with E-state index in [2.05, 4.69) is 158 Å². The molecule has 7 aromatic rings. The quantitative estimate of drug-likeness (QED) is 0.162. The predicted molar refractivity (Wildman–Crippen MR) is 226 cm³/mol. The molecule has 0 radical (unpaired) electrons. The fourth-order valence-corrected chi connectivity index (χ4v) is 9.40. The summed E-state index contributed by atoms with van der Waals surface area (Å²) in [5.74, 6) is 2.21. The molecule has 2 atom stereocenters. The van der Waals surface area contributed by atoms with E-state index in [0.29, 0.717) is 5.92 Å². The molecule has 3 aliphatic rings. The number of hydrogen-bond acceptors (Lipinski definition) is 4. The summed E-state index contributed by atoms with van der Waals surface area (Å²) in [6, 6.07) is 39.9. The molecule has 0 saturated carbocycles. The molecule has 2 aromatic heterocycles. The summed E-state index contributed by atoms with van der Waals surface area (Å²) in [7, 11) is 0. The first-order valence-electron chi connectivity index (χ1n) is 19.2. The number of rotatable bonds is 6. The van der Waals surface area contributed by atoms with Crippen molar-refractivity contribution in [2.24, 2.45) is 0 Å². The van der Waals surface area contributed by atoms with Crippen molar-refractivity contribution in [1.82, 2.24) is 9.97 Å². The van der Waals surface area contributed by atoms with Gasteiger partial charge in [0.05, 0.1) is 11.7 Å². The molecule has 0 saturated heterocycles. The van der Waals surface area contributed by atoms with Crippen molar-refractivity contribution in [1.29, 1.82) is 0 Å². The van der Waals surface area contributed by atoms with Gasteiger partial charge in [-0.25, -0.2) is 9.97 Å². The third-order valence-electron chi connectivity index (χ3n) is 11.8. The van der Waals surface area contributed by atoms with Crippen LogP contribution in [-0.4, -0.2) is 9.97 Å². The highest BCUT2D eigenvalue weighted by atomic mass is 15.2. The number of aryl methyl sites for hydroxylation is 2. The SMILES string of the molecule is Cc1cc(N(C2=CC=Cc3ccccc3C2)c2ccccn2)c2ccc3c(C)cc(N(c4ccccn4)C4CC=Cc5ccccc54)c4c3c2c1CC4C. The van der Waals surface area contributed by atoms with Crippen LogP contribution >= 0.6 is 0 Å². The first kappa shape index (κ1) is 32.4. The molecule has 0 bridgehead atoms. The normalized spacial score (nSPS) is 16.9. The molecule has 10 rings (SSSR count). The number of aromatic nitrogens is 2. The third-order valence-corrected chi connectivity index (χ3v) is 11.8. The molecule has 0 N–H and O–H groups in total. The van der Waals surface area contributed by atoms with E-state index in [9.17, 15) is 0 Å². The third kappa shape index (κ3) is 5.20. The average molecular weight is 699 g/mol. The topological polar surface area (TPSA) is 32.3 Å². The molecule has 2 unspecified atom stereocenters. The van der Waals surface area contributed by atoms with Gasteiger partial charge >= 0.3 is 0 Å². The van der Waals surface area contributed by atoms with Gasteiger partial charge in [0.25, 0.3) is 0 Å². The molecule has 54 heavy (non-hydrogen) atoms. The van der Waals surface area contributed by atoms with Gasteiger partial charge in [0.1, 0.15) is 11.6 Å². The second kappa shape index (κ2) is 13.0. The molecule has 2 heterocycles. The van der Waals surface area contributed by atoms with E-state index in [1.54, 1.807) is 0 Å². The second-order valence-corrected chi connectivity index (χ2v) is 15.1. The number of fused-ring (bicyclic) bond motifs is 2. The maximum atomic E-state index is 5.03. The highest BCUT2D eigenvalue weighted by Crippen LogP contribution is 2.52. The van der Waals surface area contributed by atoms with Gasteiger partial charge in [0.15, 0.2) is 0 Å². The van der Waals surface area contributed by atoms with Gasteiger partial charge in [-0.3, -0.25) is 4.90 Å². The number of anilines is 4. The standard InChI is InChI=1S/C50H42N4/c1-32-30-45(54(47-23-9-11-27-52-47)43-21-13-18-36-15-6-7-20-40(36)43)48-34(3)28-42-33(2)29-44(41-25-24-39(32)50(48)49(41)42)53(46-22-8-10-26-51-46)38-19-12-17-35-14-4-5-16-37(35)31-38/h4-20,22-27,29-30,34,43H,21,28,31H2,1-3H3. The minimum Gasteiger partial charge on any atom is -0.318 e. The first-order chi connectivity index (χ1) is 26.5. The number of benzene rings is 5. The minimum absolute atomic E-state index is 0.118. The zero-order chi connectivity index (χ0) is 36.3. The van der Waals surface area contributed by atoms with Crippen LogP contribution in [0.1, 0.15) is 69.8 Å². The van der Waals surface area contributed by atoms with E-state index in [1.807, 2.05) is 24.5 Å². The van der Waals surface area contributed by atoms with Crippen LogP contribution in [0.25, 0.3) is 33.7 Å². The Morgan fingerprint density at radius 3 is 2.20 bits per heavy atom. The summed E-state index contributed by atoms with van der Waals surface area (Å²) >= 11 is 0. The van der Waals surface area contributed by atoms with Gasteiger partial charge in [-0.05, 0) is 136 Å². The van der Waals surface area contributed by atoms with Gasteiger partial charge in [0.2, 0.25) is 0 Å². The van der Waals surface area contributed by atoms with Crippen LogP contribution < -0.4 is 9.80 Å². The molecule has 0 spiro atoms. The van der Waals surface area contributed by atoms with E-state index >= 15 is 0 Å². The lowest BCUT2D eigenvalue weighted by molar-refractivity contribution is 0.681. The van der Waals surface area contributed by atoms with Crippen LogP contribution in [0, 0.1) is 13.8 Å². The summed E-state index contributed by atoms with van der Waals surface area (Å²) in [6.07, 6.45) is 17.8. The Morgan fingerprint density at radius 1 is 0.667 bits per heavy atom. The largest absolute Gasteiger partial charge is 0.318 e. The Balaban J connectivity index is 1.25. The number of nitrogens with zero attached hydrogens (tertiary/aromatic N) is 4. The number of allylic oxidation sites excluding steroid dienone is 3. The van der Waals surface area contributed by atoms with Crippen molar-refractivity contribution in [3.63, 3.8) is 0 Å². The van der Waals surface area contributed by atoms with Crippen molar-refractivity contribution in [2.45, 2.75) is 52.0 Å². The number of pyridine rings is 2. The molecule has 3 aliphatic carbocycles. The summed E-state index contributed by atoms with van der Waals surface area (Å²) < 4.78 is 0. The Hall–Kier alpha value is -6.26. The molecular weight excluding hydrogens is 657 g/mol. The van der Waals surface area contributed by atoms with Gasteiger partial charge in [-0.2, -0.15) is 0 Å². The van der Waals surface area contributed by atoms with Crippen molar-refractivity contribution in [2.75, 3.05) is 9.80 Å². The predicted octanol–water partition coefficient (Wildman–Crippen LogP) is 12.6. The fraction of sp³-hybridized carbons (Fsp3) is 0.160. The molecule has 262 valence electrons. The lowest BCUT2D eigenvalue weighted by Crippen LogP contribution is -2.28. The molecular formula is C50H42N4. The average Bonchev–Trinajstić information content (AvgIpc) is 3.42. The first-order valence-corrected chi connectivity index (χ1v) is 19.2. The summed E-state index contributed by atoms with van der Waals surface area (Å²) in [5.41, 5.74) is 14.3. The molecule has 0 fully saturated rings. The van der Waals surface area contributed by atoms with Crippen LogP contribution in [0.2, 0.25) is 0 Å². The van der Waals surface area contributed by atoms with Crippen LogP contribution in [0.3, 0.4) is 0 Å². The zero-order valence-corrected chi connectivity index (χ0v) is 31.0. The highest BCUT2D eigenvalue weighted by Gasteiger charge is 2.34. The second-order valence-electron chi connectivity index (χ2n) is 15.1. The maximum Gasteiger partial charge on any atom is 0.137 e. The van der Waals surface area contributed by atoms with Gasteiger partial charge in [-0.1, -0.05) is 104 Å². The minimum atomic E-state index is 0.118. The lowest BCUT2D eigenvalue weighted by Gasteiger charge is -2.39. The number of hydrogen-bond donors (Lipinski definition) is 0. The molecule has 0 aliphatic heterocycles. The summed E-state index contributed by atoms with van der Waals surface area (Å²) in [5, 5.41) is 5.33. The molecule has 4 heteroatoms. The Bertz CT molecular complexity index is 2690. The van der Waals surface area contributed by atoms with E-state index in [0.717, 1.165) is 30.9 Å². The van der Waals surface area contributed by atoms with Gasteiger partial charge in [0, 0.05) is 35.6 Å². The van der Waals surface area contributed by atoms with E-state index in [4.69, 9.17) is 9.97 Å². The zero-order valence-electron chi connectivity index (χ0n) is 31.0. The molecule has 0 amide bonds. The Kier molecular flexibility index (Phi) is 7.80. The Labute approximate surface area is 317 Å². The van der Waals surface area contributed by atoms with E-state index in [1.165, 1.54) is 83.1 Å². The highest BCUT2D eigenvalue weighted by molar-refractivity contribution is 6.18. The van der Waals surface area contributed by atoms with Crippen LogP contribution in [0.5, 0.6) is 0 Å². The van der Waals surface area contributed by atoms with Gasteiger partial charge < -0.3 is 4.90 Å². The monoisotopic (exact) mass is 698 g/mol.